The lowest BCUT2D eigenvalue weighted by Crippen LogP contribution is -2.50. The third-order valence-electron chi connectivity index (χ3n) is 4.29. The molecule has 0 aromatic carbocycles. The minimum atomic E-state index is -0.917. The van der Waals surface area contributed by atoms with Crippen molar-refractivity contribution in [3.8, 4) is 0 Å². The molecule has 1 amide bonds. The van der Waals surface area contributed by atoms with E-state index in [1.807, 2.05) is 6.92 Å². The lowest BCUT2D eigenvalue weighted by atomic mass is 9.88. The lowest BCUT2D eigenvalue weighted by Gasteiger charge is -2.37. The van der Waals surface area contributed by atoms with Gasteiger partial charge in [-0.2, -0.15) is 0 Å². The molecule has 21 heavy (non-hydrogen) atoms. The van der Waals surface area contributed by atoms with Gasteiger partial charge in [0.15, 0.2) is 0 Å². The van der Waals surface area contributed by atoms with E-state index >= 15 is 0 Å². The van der Waals surface area contributed by atoms with Crippen molar-refractivity contribution in [1.29, 1.82) is 0 Å². The number of rotatable bonds is 3. The predicted molar refractivity (Wildman–Crippen MR) is 79.2 cm³/mol. The number of carbonyl (C=O) groups excluding carboxylic acids is 1. The number of carboxylic acid groups (broad SMARTS) is 1. The molecule has 0 bridgehead atoms. The lowest BCUT2D eigenvalue weighted by molar-refractivity contribution is -0.144. The van der Waals surface area contributed by atoms with Gasteiger partial charge in [0, 0.05) is 12.2 Å². The number of aliphatic carboxylic acids is 1. The molecule has 1 aliphatic heterocycles. The van der Waals surface area contributed by atoms with Crippen LogP contribution in [0.5, 0.6) is 0 Å². The second kappa shape index (κ2) is 6.24. The summed E-state index contributed by atoms with van der Waals surface area (Å²) >= 11 is 0. The van der Waals surface area contributed by atoms with E-state index in [1.54, 1.807) is 19.1 Å². The molecule has 114 valence electrons. The van der Waals surface area contributed by atoms with Crippen molar-refractivity contribution in [3.63, 3.8) is 0 Å². The Balaban J connectivity index is 2.26. The molecule has 0 radical (unpaired) electrons. The molecule has 2 heterocycles. The van der Waals surface area contributed by atoms with Gasteiger partial charge in [-0.05, 0) is 44.7 Å². The number of hydrogen-bond acceptors (Lipinski definition) is 3. The van der Waals surface area contributed by atoms with Gasteiger partial charge in [-0.25, -0.2) is 4.79 Å². The van der Waals surface area contributed by atoms with Crippen molar-refractivity contribution in [1.82, 2.24) is 9.88 Å². The number of nitrogens with zero attached hydrogens (tertiary/aromatic N) is 2. The molecule has 2 atom stereocenters. The van der Waals surface area contributed by atoms with Crippen LogP contribution < -0.4 is 0 Å². The number of likely N-dealkylation sites (tertiary alicyclic amines) is 1. The van der Waals surface area contributed by atoms with E-state index in [9.17, 15) is 14.7 Å². The first-order valence-electron chi connectivity index (χ1n) is 7.42. The van der Waals surface area contributed by atoms with Crippen LogP contribution in [0.4, 0.5) is 0 Å². The summed E-state index contributed by atoms with van der Waals surface area (Å²) in [6.07, 6.45) is 2.36. The van der Waals surface area contributed by atoms with E-state index < -0.39 is 12.0 Å². The van der Waals surface area contributed by atoms with Crippen LogP contribution in [0.2, 0.25) is 0 Å². The summed E-state index contributed by atoms with van der Waals surface area (Å²) in [6.45, 7) is 6.22. The molecular weight excluding hydrogens is 268 g/mol. The van der Waals surface area contributed by atoms with Crippen molar-refractivity contribution < 1.29 is 14.7 Å². The van der Waals surface area contributed by atoms with E-state index in [1.165, 1.54) is 4.90 Å². The van der Waals surface area contributed by atoms with Gasteiger partial charge in [-0.15, -0.1) is 0 Å². The van der Waals surface area contributed by atoms with E-state index in [-0.39, 0.29) is 5.91 Å². The smallest absolute Gasteiger partial charge is 0.326 e. The molecule has 0 saturated carbocycles. The second-order valence-electron chi connectivity index (χ2n) is 5.74. The maximum absolute atomic E-state index is 12.7. The summed E-state index contributed by atoms with van der Waals surface area (Å²) in [4.78, 5) is 29.9. The monoisotopic (exact) mass is 290 g/mol. The predicted octanol–water partition coefficient (Wildman–Crippen LogP) is 2.41. The van der Waals surface area contributed by atoms with E-state index in [0.29, 0.717) is 30.1 Å². The number of piperidine rings is 1. The van der Waals surface area contributed by atoms with E-state index in [4.69, 9.17) is 0 Å². The highest BCUT2D eigenvalue weighted by molar-refractivity contribution is 5.97. The summed E-state index contributed by atoms with van der Waals surface area (Å²) in [7, 11) is 0. The van der Waals surface area contributed by atoms with Crippen molar-refractivity contribution >= 4 is 11.9 Å². The highest BCUT2D eigenvalue weighted by Crippen LogP contribution is 2.27. The van der Waals surface area contributed by atoms with Crippen LogP contribution in [-0.2, 0) is 4.79 Å². The highest BCUT2D eigenvalue weighted by Gasteiger charge is 2.36. The molecule has 0 aliphatic carbocycles. The zero-order valence-electron chi connectivity index (χ0n) is 12.8. The van der Waals surface area contributed by atoms with E-state index in [0.717, 1.165) is 18.5 Å². The fraction of sp³-hybridized carbons (Fsp3) is 0.562. The van der Waals surface area contributed by atoms with Gasteiger partial charge in [0.05, 0.1) is 11.3 Å². The minimum absolute atomic E-state index is 0.220. The normalized spacial score (nSPS) is 22.1. The Morgan fingerprint density at radius 1 is 1.38 bits per heavy atom. The maximum atomic E-state index is 12.7. The van der Waals surface area contributed by atoms with Gasteiger partial charge in [0.2, 0.25) is 0 Å². The molecule has 1 aromatic heterocycles. The van der Waals surface area contributed by atoms with Crippen molar-refractivity contribution in [2.24, 2.45) is 5.92 Å². The Hall–Kier alpha value is -1.91. The van der Waals surface area contributed by atoms with Gasteiger partial charge in [-0.1, -0.05) is 13.3 Å². The molecule has 2 rings (SSSR count). The molecule has 1 N–H and O–H groups in total. The summed E-state index contributed by atoms with van der Waals surface area (Å²) in [6, 6.07) is 2.80. The van der Waals surface area contributed by atoms with Gasteiger partial charge in [0.1, 0.15) is 6.04 Å². The third kappa shape index (κ3) is 3.23. The Kier molecular flexibility index (Phi) is 4.60. The number of aromatic nitrogens is 1. The highest BCUT2D eigenvalue weighted by atomic mass is 16.4. The van der Waals surface area contributed by atoms with Crippen LogP contribution in [0.15, 0.2) is 12.1 Å². The largest absolute Gasteiger partial charge is 0.480 e. The zero-order chi connectivity index (χ0) is 15.6. The fourth-order valence-electron chi connectivity index (χ4n) is 2.95. The van der Waals surface area contributed by atoms with Gasteiger partial charge in [0.25, 0.3) is 5.91 Å². The second-order valence-corrected chi connectivity index (χ2v) is 5.74. The number of amides is 1. The number of carbonyl (C=O) groups is 2. The Bertz CT molecular complexity index is 556. The average Bonchev–Trinajstić information content (AvgIpc) is 2.46. The summed E-state index contributed by atoms with van der Waals surface area (Å²) < 4.78 is 0. The maximum Gasteiger partial charge on any atom is 0.326 e. The van der Waals surface area contributed by atoms with Crippen molar-refractivity contribution in [2.45, 2.75) is 46.1 Å². The minimum Gasteiger partial charge on any atom is -0.480 e. The van der Waals surface area contributed by atoms with Crippen molar-refractivity contribution in [2.75, 3.05) is 6.54 Å². The van der Waals surface area contributed by atoms with E-state index in [2.05, 4.69) is 11.9 Å². The molecule has 1 saturated heterocycles. The molecular formula is C16H22N2O3. The molecule has 0 spiro atoms. The van der Waals surface area contributed by atoms with Crippen LogP contribution in [0.3, 0.4) is 0 Å². The molecule has 1 aliphatic rings. The Morgan fingerprint density at radius 3 is 2.67 bits per heavy atom. The number of carboxylic acids is 1. The number of pyridine rings is 1. The van der Waals surface area contributed by atoms with Crippen LogP contribution in [0.25, 0.3) is 0 Å². The first kappa shape index (κ1) is 15.5. The SMILES string of the molecule is CCC1CCN(C(=O)c2ccc(C)nc2C)C(C(=O)O)C1. The van der Waals surface area contributed by atoms with Gasteiger partial charge >= 0.3 is 5.97 Å². The molecule has 5 nitrogen and oxygen atoms in total. The third-order valence-corrected chi connectivity index (χ3v) is 4.29. The molecule has 1 aromatic rings. The average molecular weight is 290 g/mol. The number of aryl methyl sites for hydroxylation is 2. The topological polar surface area (TPSA) is 70.5 Å². The van der Waals surface area contributed by atoms with Crippen molar-refractivity contribution in [3.05, 3.63) is 29.1 Å². The fourth-order valence-corrected chi connectivity index (χ4v) is 2.95. The van der Waals surface area contributed by atoms with Crippen LogP contribution >= 0.6 is 0 Å². The Labute approximate surface area is 125 Å². The van der Waals surface area contributed by atoms with Crippen LogP contribution in [-0.4, -0.2) is 39.5 Å². The summed E-state index contributed by atoms with van der Waals surface area (Å²) in [5.74, 6) is -0.756. The molecule has 5 heteroatoms. The molecule has 2 unspecified atom stereocenters. The number of hydrogen-bond donors (Lipinski definition) is 1. The first-order chi connectivity index (χ1) is 9.93. The van der Waals surface area contributed by atoms with Crippen LogP contribution in [0, 0.1) is 19.8 Å². The quantitative estimate of drug-likeness (QED) is 0.928. The summed E-state index contributed by atoms with van der Waals surface area (Å²) in [5.41, 5.74) is 2.01. The standard InChI is InChI=1S/C16H22N2O3/c1-4-12-7-8-18(14(9-12)16(20)21)15(19)13-6-5-10(2)17-11(13)3/h5-6,12,14H,4,7-9H2,1-3H3,(H,20,21). The summed E-state index contributed by atoms with van der Waals surface area (Å²) in [5, 5.41) is 9.42. The first-order valence-corrected chi connectivity index (χ1v) is 7.42. The van der Waals surface area contributed by atoms with Gasteiger partial charge < -0.3 is 10.0 Å². The Morgan fingerprint density at radius 2 is 2.10 bits per heavy atom. The zero-order valence-corrected chi connectivity index (χ0v) is 12.8. The molecule has 1 fully saturated rings. The van der Waals surface area contributed by atoms with Gasteiger partial charge in [-0.3, -0.25) is 9.78 Å². The van der Waals surface area contributed by atoms with Crippen LogP contribution in [0.1, 0.15) is 47.9 Å².